The molecule has 1 rings (SSSR count). The lowest BCUT2D eigenvalue weighted by molar-refractivity contribution is -0.114. The number of carbonyl (C=O) groups is 2. The number of carbonyl (C=O) groups excluding carboxylic acids is 1. The number of nitrogens with one attached hydrogen (secondary N) is 1. The molecule has 18 heavy (non-hydrogen) atoms. The van der Waals surface area contributed by atoms with Gasteiger partial charge in [-0.25, -0.2) is 4.79 Å². The third-order valence-corrected chi connectivity index (χ3v) is 2.31. The van der Waals surface area contributed by atoms with Crippen molar-refractivity contribution >= 4 is 37.6 Å². The zero-order valence-electron chi connectivity index (χ0n) is 9.01. The Morgan fingerprint density at radius 1 is 1.39 bits per heavy atom. The van der Waals surface area contributed by atoms with Gasteiger partial charge in [0, 0.05) is 13.0 Å². The Morgan fingerprint density at radius 2 is 2.00 bits per heavy atom. The second kappa shape index (κ2) is 5.23. The molecule has 1 amide bonds. The summed E-state index contributed by atoms with van der Waals surface area (Å²) in [4.78, 5) is 21.8. The van der Waals surface area contributed by atoms with Gasteiger partial charge in [0.1, 0.15) is 5.75 Å². The summed E-state index contributed by atoms with van der Waals surface area (Å²) in [6.45, 7) is 1.18. The van der Waals surface area contributed by atoms with E-state index in [1.807, 2.05) is 0 Å². The molecule has 9 heteroatoms. The highest BCUT2D eigenvalue weighted by Crippen LogP contribution is 2.24. The number of carboxylic acids is 1. The van der Waals surface area contributed by atoms with E-state index in [9.17, 15) is 18.0 Å². The van der Waals surface area contributed by atoms with Gasteiger partial charge in [0.25, 0.3) is 0 Å². The van der Waals surface area contributed by atoms with E-state index in [1.165, 1.54) is 6.92 Å². The molecule has 2 N–H and O–H groups in total. The number of amides is 1. The maximum atomic E-state index is 10.9. The maximum Gasteiger partial charge on any atom is 0.401 e. The SMILES string of the molecule is CC(=O)Nc1cc(OS(=O)(=O)Cl)ccc1C(=O)O. The van der Waals surface area contributed by atoms with Crippen LogP contribution < -0.4 is 9.50 Å². The first-order valence-corrected chi connectivity index (χ1v) is 6.71. The van der Waals surface area contributed by atoms with Crippen LogP contribution in [0.2, 0.25) is 0 Å². The number of halogens is 1. The fourth-order valence-electron chi connectivity index (χ4n) is 1.17. The van der Waals surface area contributed by atoms with Crippen LogP contribution in [0.25, 0.3) is 0 Å². The first kappa shape index (κ1) is 14.3. The number of hydrogen-bond acceptors (Lipinski definition) is 5. The van der Waals surface area contributed by atoms with Crippen LogP contribution in [0.15, 0.2) is 18.2 Å². The van der Waals surface area contributed by atoms with Crippen LogP contribution in [0.1, 0.15) is 17.3 Å². The molecule has 0 heterocycles. The topological polar surface area (TPSA) is 110 Å². The summed E-state index contributed by atoms with van der Waals surface area (Å²) < 4.78 is 25.7. The Morgan fingerprint density at radius 3 is 2.44 bits per heavy atom. The standard InChI is InChI=1S/C9H8ClNO6S/c1-5(12)11-8-4-6(17-18(10,15)16)2-3-7(8)9(13)14/h2-4H,1H3,(H,11,12)(H,13,14). The number of carboxylic acid groups (broad SMARTS) is 1. The highest BCUT2D eigenvalue weighted by Gasteiger charge is 2.15. The van der Waals surface area contributed by atoms with Crippen LogP contribution in [0.5, 0.6) is 5.75 Å². The van der Waals surface area contributed by atoms with Crippen LogP contribution >= 0.6 is 10.7 Å². The summed E-state index contributed by atoms with van der Waals surface area (Å²) in [5, 5.41) is 11.1. The van der Waals surface area contributed by atoms with Crippen molar-refractivity contribution in [2.24, 2.45) is 0 Å². The smallest absolute Gasteiger partial charge is 0.401 e. The molecule has 1 aromatic carbocycles. The second-order valence-electron chi connectivity index (χ2n) is 3.17. The largest absolute Gasteiger partial charge is 0.478 e. The van der Waals surface area contributed by atoms with Crippen molar-refractivity contribution < 1.29 is 27.3 Å². The molecule has 7 nitrogen and oxygen atoms in total. The van der Waals surface area contributed by atoms with Gasteiger partial charge >= 0.3 is 15.3 Å². The number of rotatable bonds is 4. The normalized spacial score (nSPS) is 10.8. The summed E-state index contributed by atoms with van der Waals surface area (Å²) in [6, 6.07) is 3.24. The molecule has 0 radical (unpaired) electrons. The van der Waals surface area contributed by atoms with E-state index in [1.54, 1.807) is 0 Å². The molecule has 0 aliphatic rings. The highest BCUT2D eigenvalue weighted by atomic mass is 35.7. The minimum absolute atomic E-state index is 0.0900. The maximum absolute atomic E-state index is 10.9. The van der Waals surface area contributed by atoms with Crippen molar-refractivity contribution in [3.8, 4) is 5.75 Å². The van der Waals surface area contributed by atoms with Crippen molar-refractivity contribution in [2.45, 2.75) is 6.92 Å². The average Bonchev–Trinajstić information content (AvgIpc) is 2.13. The van der Waals surface area contributed by atoms with Gasteiger partial charge in [0.05, 0.1) is 21.9 Å². The van der Waals surface area contributed by atoms with Gasteiger partial charge in [0.15, 0.2) is 0 Å². The summed E-state index contributed by atoms with van der Waals surface area (Å²) >= 11 is 0. The van der Waals surface area contributed by atoms with Crippen molar-refractivity contribution in [3.05, 3.63) is 23.8 Å². The molecule has 0 fully saturated rings. The van der Waals surface area contributed by atoms with Crippen LogP contribution in [0.4, 0.5) is 5.69 Å². The van der Waals surface area contributed by atoms with Crippen molar-refractivity contribution in [2.75, 3.05) is 5.32 Å². The number of aromatic carboxylic acids is 1. The Hall–Kier alpha value is -1.80. The van der Waals surface area contributed by atoms with Crippen molar-refractivity contribution in [3.63, 3.8) is 0 Å². The molecule has 0 saturated heterocycles. The Bertz CT molecular complexity index is 597. The van der Waals surface area contributed by atoms with E-state index in [0.29, 0.717) is 0 Å². The quantitative estimate of drug-likeness (QED) is 0.807. The fourth-order valence-corrected chi connectivity index (χ4v) is 1.72. The molecule has 0 spiro atoms. The summed E-state index contributed by atoms with van der Waals surface area (Å²) in [6.07, 6.45) is 0. The van der Waals surface area contributed by atoms with E-state index in [0.717, 1.165) is 18.2 Å². The molecular weight excluding hydrogens is 286 g/mol. The molecule has 0 aliphatic carbocycles. The second-order valence-corrected chi connectivity index (χ2v) is 5.26. The van der Waals surface area contributed by atoms with Gasteiger partial charge < -0.3 is 14.6 Å². The molecule has 1 aromatic rings. The number of benzene rings is 1. The van der Waals surface area contributed by atoms with E-state index in [-0.39, 0.29) is 17.0 Å². The lowest BCUT2D eigenvalue weighted by atomic mass is 10.1. The van der Waals surface area contributed by atoms with Gasteiger partial charge in [-0.2, -0.15) is 8.42 Å². The number of hydrogen-bond donors (Lipinski definition) is 2. The third-order valence-electron chi connectivity index (χ3n) is 1.73. The minimum atomic E-state index is -4.24. The summed E-state index contributed by atoms with van der Waals surface area (Å²) in [7, 11) is 0.631. The van der Waals surface area contributed by atoms with Gasteiger partial charge in [-0.1, -0.05) is 0 Å². The molecular formula is C9H8ClNO6S. The highest BCUT2D eigenvalue weighted by molar-refractivity contribution is 8.10. The molecule has 0 atom stereocenters. The monoisotopic (exact) mass is 293 g/mol. The van der Waals surface area contributed by atoms with Crippen LogP contribution in [0.3, 0.4) is 0 Å². The first-order chi connectivity index (χ1) is 8.19. The van der Waals surface area contributed by atoms with Gasteiger partial charge in [0.2, 0.25) is 5.91 Å². The van der Waals surface area contributed by atoms with E-state index in [2.05, 4.69) is 9.50 Å². The van der Waals surface area contributed by atoms with E-state index >= 15 is 0 Å². The fraction of sp³-hybridized carbons (Fsp3) is 0.111. The average molecular weight is 294 g/mol. The van der Waals surface area contributed by atoms with E-state index in [4.69, 9.17) is 15.8 Å². The molecule has 0 bridgehead atoms. The van der Waals surface area contributed by atoms with Gasteiger partial charge in [-0.3, -0.25) is 4.79 Å². The molecule has 0 saturated carbocycles. The Labute approximate surface area is 107 Å². The predicted octanol–water partition coefficient (Wildman–Crippen LogP) is 1.21. The molecule has 98 valence electrons. The predicted molar refractivity (Wildman–Crippen MR) is 63.1 cm³/mol. The summed E-state index contributed by atoms with van der Waals surface area (Å²) in [5.41, 5.74) is -0.294. The minimum Gasteiger partial charge on any atom is -0.478 e. The molecule has 0 unspecified atom stereocenters. The van der Waals surface area contributed by atoms with E-state index < -0.39 is 21.2 Å². The zero-order valence-corrected chi connectivity index (χ0v) is 10.6. The lowest BCUT2D eigenvalue weighted by Crippen LogP contribution is -2.11. The van der Waals surface area contributed by atoms with Crippen molar-refractivity contribution in [1.82, 2.24) is 0 Å². The summed E-state index contributed by atoms with van der Waals surface area (Å²) in [5.74, 6) is -2.00. The van der Waals surface area contributed by atoms with Crippen LogP contribution in [0, 0.1) is 0 Å². The molecule has 0 aliphatic heterocycles. The zero-order chi connectivity index (χ0) is 13.9. The van der Waals surface area contributed by atoms with Crippen LogP contribution in [-0.2, 0) is 14.1 Å². The van der Waals surface area contributed by atoms with Crippen LogP contribution in [-0.4, -0.2) is 25.4 Å². The Balaban J connectivity index is 3.20. The van der Waals surface area contributed by atoms with Gasteiger partial charge in [-0.15, -0.1) is 0 Å². The van der Waals surface area contributed by atoms with Gasteiger partial charge in [-0.05, 0) is 12.1 Å². The molecule has 0 aromatic heterocycles. The first-order valence-electron chi connectivity index (χ1n) is 4.48. The Kier molecular flexibility index (Phi) is 4.15. The third kappa shape index (κ3) is 4.22. The van der Waals surface area contributed by atoms with Crippen molar-refractivity contribution in [1.29, 1.82) is 0 Å². The lowest BCUT2D eigenvalue weighted by Gasteiger charge is -2.08. The number of anilines is 1.